The van der Waals surface area contributed by atoms with Crippen LogP contribution in [0.25, 0.3) is 0 Å². The van der Waals surface area contributed by atoms with Gasteiger partial charge in [0.05, 0.1) is 6.61 Å². The molecule has 2 heterocycles. The second kappa shape index (κ2) is 9.73. The molecule has 1 N–H and O–H groups in total. The SMILES string of the molecule is CN(c1n[s+]([O-])nc1NCCCOc1cccc(CN2CCCCC2)c1)C1CC1. The van der Waals surface area contributed by atoms with Gasteiger partial charge in [0.25, 0.3) is 0 Å². The van der Waals surface area contributed by atoms with Crippen molar-refractivity contribution >= 4 is 22.8 Å². The molecule has 1 saturated carbocycles. The smallest absolute Gasteiger partial charge is 0.235 e. The van der Waals surface area contributed by atoms with Crippen molar-refractivity contribution in [2.45, 2.75) is 51.1 Å². The third kappa shape index (κ3) is 5.81. The van der Waals surface area contributed by atoms with Crippen LogP contribution in [0.4, 0.5) is 11.6 Å². The highest BCUT2D eigenvalue weighted by Gasteiger charge is 2.31. The number of benzene rings is 1. The first-order chi connectivity index (χ1) is 14.2. The van der Waals surface area contributed by atoms with Crippen LogP contribution < -0.4 is 15.0 Å². The monoisotopic (exact) mass is 417 g/mol. The maximum Gasteiger partial charge on any atom is 0.235 e. The van der Waals surface area contributed by atoms with Crippen molar-refractivity contribution in [3.8, 4) is 5.75 Å². The van der Waals surface area contributed by atoms with Crippen LogP contribution in [0.15, 0.2) is 24.3 Å². The molecule has 2 aliphatic rings. The molecule has 7 nitrogen and oxygen atoms in total. The van der Waals surface area contributed by atoms with Crippen molar-refractivity contribution < 1.29 is 9.29 Å². The Morgan fingerprint density at radius 1 is 1.24 bits per heavy atom. The molecule has 1 aromatic heterocycles. The molecule has 0 bridgehead atoms. The fourth-order valence-corrected chi connectivity index (χ4v) is 4.52. The van der Waals surface area contributed by atoms with Gasteiger partial charge in [-0.2, -0.15) is 0 Å². The number of hydrogen-bond acceptors (Lipinski definition) is 7. The van der Waals surface area contributed by atoms with Gasteiger partial charge >= 0.3 is 0 Å². The number of aromatic nitrogens is 2. The van der Waals surface area contributed by atoms with E-state index in [-0.39, 0.29) is 0 Å². The van der Waals surface area contributed by atoms with Gasteiger partial charge in [-0.15, -0.1) is 0 Å². The number of likely N-dealkylation sites (tertiary alicyclic amines) is 1. The van der Waals surface area contributed by atoms with E-state index in [9.17, 15) is 4.55 Å². The summed E-state index contributed by atoms with van der Waals surface area (Å²) in [5.41, 5.74) is 1.31. The van der Waals surface area contributed by atoms with E-state index in [1.807, 2.05) is 13.1 Å². The van der Waals surface area contributed by atoms with Gasteiger partial charge < -0.3 is 19.5 Å². The average molecular weight is 418 g/mol. The number of nitrogens with one attached hydrogen (secondary N) is 1. The molecule has 1 unspecified atom stereocenters. The van der Waals surface area contributed by atoms with Crippen LogP contribution in [0.5, 0.6) is 5.75 Å². The number of nitrogens with zero attached hydrogens (tertiary/aromatic N) is 4. The molecule has 158 valence electrons. The summed E-state index contributed by atoms with van der Waals surface area (Å²) in [6, 6.07) is 8.94. The van der Waals surface area contributed by atoms with E-state index in [1.165, 1.54) is 50.8 Å². The fourth-order valence-electron chi connectivity index (χ4n) is 3.81. The summed E-state index contributed by atoms with van der Waals surface area (Å²) in [6.07, 6.45) is 7.15. The molecule has 2 aromatic rings. The minimum atomic E-state index is -1.50. The maximum absolute atomic E-state index is 11.7. The first kappa shape index (κ1) is 20.4. The minimum absolute atomic E-state index is 0.511. The molecule has 1 saturated heterocycles. The van der Waals surface area contributed by atoms with Crippen molar-refractivity contribution in [1.82, 2.24) is 13.6 Å². The Balaban J connectivity index is 1.20. The van der Waals surface area contributed by atoms with Crippen molar-refractivity contribution in [1.29, 1.82) is 0 Å². The lowest BCUT2D eigenvalue weighted by molar-refractivity contribution is 0.220. The van der Waals surface area contributed by atoms with Gasteiger partial charge in [-0.3, -0.25) is 4.90 Å². The topological polar surface area (TPSA) is 76.6 Å². The quantitative estimate of drug-likeness (QED) is 0.467. The highest BCUT2D eigenvalue weighted by molar-refractivity contribution is 7.14. The molecule has 1 aromatic carbocycles. The van der Waals surface area contributed by atoms with Crippen LogP contribution in [-0.2, 0) is 6.54 Å². The Labute approximate surface area is 176 Å². The molecule has 0 amide bonds. The summed E-state index contributed by atoms with van der Waals surface area (Å²) < 4.78 is 25.9. The summed E-state index contributed by atoms with van der Waals surface area (Å²) in [7, 11) is 2.00. The average Bonchev–Trinajstić information content (AvgIpc) is 3.51. The van der Waals surface area contributed by atoms with Crippen molar-refractivity contribution in [3.05, 3.63) is 29.8 Å². The van der Waals surface area contributed by atoms with Gasteiger partial charge in [0.1, 0.15) is 5.75 Å². The van der Waals surface area contributed by atoms with Crippen LogP contribution in [0, 0.1) is 0 Å². The second-order valence-corrected chi connectivity index (χ2v) is 8.87. The largest absolute Gasteiger partial charge is 0.546 e. The van der Waals surface area contributed by atoms with Gasteiger partial charge in [0.2, 0.25) is 11.6 Å². The molecule has 1 aliphatic heterocycles. The zero-order valence-corrected chi connectivity index (χ0v) is 18.0. The molecule has 29 heavy (non-hydrogen) atoms. The van der Waals surface area contributed by atoms with Gasteiger partial charge in [-0.05, 0) is 62.9 Å². The third-order valence-corrected chi connectivity index (χ3v) is 6.28. The number of piperidine rings is 1. The van der Waals surface area contributed by atoms with Gasteiger partial charge in [0.15, 0.2) is 11.1 Å². The Hall–Kier alpha value is -1.90. The Bertz CT molecular complexity index is 789. The lowest BCUT2D eigenvalue weighted by atomic mass is 10.1. The van der Waals surface area contributed by atoms with Crippen LogP contribution in [-0.4, -0.2) is 57.5 Å². The van der Waals surface area contributed by atoms with Crippen LogP contribution in [0.3, 0.4) is 0 Å². The number of ether oxygens (including phenoxy) is 1. The second-order valence-electron chi connectivity index (χ2n) is 8.04. The summed E-state index contributed by atoms with van der Waals surface area (Å²) in [4.78, 5) is 4.61. The molecule has 0 radical (unpaired) electrons. The van der Waals surface area contributed by atoms with E-state index in [2.05, 4.69) is 42.1 Å². The molecule has 1 aliphatic carbocycles. The van der Waals surface area contributed by atoms with Gasteiger partial charge in [-0.25, -0.2) is 0 Å². The first-order valence-electron chi connectivity index (χ1n) is 10.7. The molecule has 2 fully saturated rings. The minimum Gasteiger partial charge on any atom is -0.546 e. The summed E-state index contributed by atoms with van der Waals surface area (Å²) in [6.45, 7) is 4.74. The zero-order valence-electron chi connectivity index (χ0n) is 17.2. The molecule has 1 atom stereocenters. The predicted octanol–water partition coefficient (Wildman–Crippen LogP) is 3.67. The number of rotatable bonds is 10. The van der Waals surface area contributed by atoms with Crippen molar-refractivity contribution in [2.24, 2.45) is 0 Å². The van der Waals surface area contributed by atoms with Gasteiger partial charge in [0, 0.05) is 34.9 Å². The van der Waals surface area contributed by atoms with Crippen LogP contribution in [0.1, 0.15) is 44.1 Å². The Morgan fingerprint density at radius 2 is 2.07 bits per heavy atom. The van der Waals surface area contributed by atoms with Crippen molar-refractivity contribution in [3.63, 3.8) is 0 Å². The molecule has 8 heteroatoms. The molecule has 4 rings (SSSR count). The standard InChI is InChI=1S/C21H31N5O2S/c1-25(18-9-10-18)21-20(23-29(27)24-21)22-11-6-14-28-19-8-5-7-17(15-19)16-26-12-3-2-4-13-26/h5,7-8,15,18H,2-4,6,9-14,16H2,1H3,(H,22,23). The van der Waals surface area contributed by atoms with Crippen molar-refractivity contribution in [2.75, 3.05) is 43.5 Å². The van der Waals surface area contributed by atoms with E-state index in [4.69, 9.17) is 4.74 Å². The zero-order chi connectivity index (χ0) is 20.1. The first-order valence-corrected chi connectivity index (χ1v) is 11.8. The van der Waals surface area contributed by atoms with E-state index in [1.54, 1.807) is 0 Å². The summed E-state index contributed by atoms with van der Waals surface area (Å²) in [5.74, 6) is 2.29. The Morgan fingerprint density at radius 3 is 2.86 bits per heavy atom. The lowest BCUT2D eigenvalue weighted by Crippen LogP contribution is -2.29. The summed E-state index contributed by atoms with van der Waals surface area (Å²) in [5, 5.41) is 3.28. The number of hydrogen-bond donors (Lipinski definition) is 1. The van der Waals surface area contributed by atoms with E-state index >= 15 is 0 Å². The van der Waals surface area contributed by atoms with E-state index in [0.29, 0.717) is 25.0 Å². The summed E-state index contributed by atoms with van der Waals surface area (Å²) >= 11 is -1.50. The molecular formula is C21H31N5O2S. The normalized spacial score (nSPS) is 17.9. The molecular weight excluding hydrogens is 386 g/mol. The number of anilines is 2. The maximum atomic E-state index is 11.7. The van der Waals surface area contributed by atoms with Crippen LogP contribution >= 0.6 is 11.1 Å². The van der Waals surface area contributed by atoms with Crippen LogP contribution in [0.2, 0.25) is 0 Å². The third-order valence-electron chi connectivity index (χ3n) is 5.61. The van der Waals surface area contributed by atoms with Gasteiger partial charge in [-0.1, -0.05) is 18.6 Å². The van der Waals surface area contributed by atoms with E-state index < -0.39 is 11.1 Å². The Kier molecular flexibility index (Phi) is 6.84. The predicted molar refractivity (Wildman–Crippen MR) is 116 cm³/mol. The highest BCUT2D eigenvalue weighted by Crippen LogP contribution is 2.34. The highest BCUT2D eigenvalue weighted by atomic mass is 32.2. The lowest BCUT2D eigenvalue weighted by Gasteiger charge is -2.26. The van der Waals surface area contributed by atoms with E-state index in [0.717, 1.165) is 24.5 Å². The molecule has 0 spiro atoms. The fraction of sp³-hybridized carbons (Fsp3) is 0.619.